The molecule has 1 atom stereocenters. The van der Waals surface area contributed by atoms with E-state index >= 15 is 0 Å². The predicted octanol–water partition coefficient (Wildman–Crippen LogP) is 1.42. The average molecular weight is 267 g/mol. The molecule has 108 valence electrons. The Morgan fingerprint density at radius 3 is 2.89 bits per heavy atom. The van der Waals surface area contributed by atoms with Gasteiger partial charge in [0.2, 0.25) is 0 Å². The van der Waals surface area contributed by atoms with Crippen LogP contribution in [0.25, 0.3) is 0 Å². The molecule has 0 saturated carbocycles. The number of aryl methyl sites for hydroxylation is 1. The van der Waals surface area contributed by atoms with Crippen molar-refractivity contribution in [3.8, 4) is 0 Å². The molecule has 3 N–H and O–H groups in total. The second kappa shape index (κ2) is 8.72. The molecule has 1 heterocycles. The molecule has 0 fully saturated rings. The Morgan fingerprint density at radius 1 is 1.47 bits per heavy atom. The van der Waals surface area contributed by atoms with E-state index in [2.05, 4.69) is 12.2 Å². The van der Waals surface area contributed by atoms with Crippen molar-refractivity contribution in [2.75, 3.05) is 25.6 Å². The molecule has 0 aliphatic rings. The molecule has 1 unspecified atom stereocenters. The number of nitrogens with two attached hydrogens (primary N) is 1. The SMILES string of the molecule is CCCn1cc(NC(CCCN)COC)ccc1=O. The van der Waals surface area contributed by atoms with Crippen LogP contribution >= 0.6 is 0 Å². The molecule has 0 spiro atoms. The smallest absolute Gasteiger partial charge is 0.250 e. The van der Waals surface area contributed by atoms with Crippen molar-refractivity contribution in [2.24, 2.45) is 5.73 Å². The second-order valence-corrected chi connectivity index (χ2v) is 4.68. The zero-order valence-corrected chi connectivity index (χ0v) is 11.9. The van der Waals surface area contributed by atoms with Gasteiger partial charge in [0.15, 0.2) is 0 Å². The number of ether oxygens (including phenoxy) is 1. The highest BCUT2D eigenvalue weighted by Crippen LogP contribution is 2.09. The molecule has 0 radical (unpaired) electrons. The maximum atomic E-state index is 11.6. The van der Waals surface area contributed by atoms with Gasteiger partial charge in [-0.3, -0.25) is 4.79 Å². The lowest BCUT2D eigenvalue weighted by Crippen LogP contribution is -2.27. The van der Waals surface area contributed by atoms with Crippen LogP contribution in [0.2, 0.25) is 0 Å². The first-order valence-corrected chi connectivity index (χ1v) is 6.87. The average Bonchev–Trinajstić information content (AvgIpc) is 2.40. The Bertz CT molecular complexity index is 417. The molecule has 0 bridgehead atoms. The summed E-state index contributed by atoms with van der Waals surface area (Å²) in [6.07, 6.45) is 4.72. The molecule has 0 aliphatic carbocycles. The van der Waals surface area contributed by atoms with Gasteiger partial charge >= 0.3 is 0 Å². The van der Waals surface area contributed by atoms with Crippen LogP contribution < -0.4 is 16.6 Å². The standard InChI is InChI=1S/C14H25N3O2/c1-3-9-17-10-12(6-7-14(17)18)16-13(11-19-2)5-4-8-15/h6-7,10,13,16H,3-5,8-9,11,15H2,1-2H3. The highest BCUT2D eigenvalue weighted by molar-refractivity contribution is 5.41. The molecule has 5 heteroatoms. The van der Waals surface area contributed by atoms with Crippen LogP contribution in [0.3, 0.4) is 0 Å². The summed E-state index contributed by atoms with van der Waals surface area (Å²) in [4.78, 5) is 11.6. The van der Waals surface area contributed by atoms with Gasteiger partial charge in [0.05, 0.1) is 12.3 Å². The normalized spacial score (nSPS) is 12.4. The van der Waals surface area contributed by atoms with Gasteiger partial charge in [0, 0.05) is 32.0 Å². The maximum Gasteiger partial charge on any atom is 0.250 e. The minimum atomic E-state index is 0.0395. The van der Waals surface area contributed by atoms with Crippen LogP contribution in [0.4, 0.5) is 5.69 Å². The fourth-order valence-corrected chi connectivity index (χ4v) is 2.03. The minimum Gasteiger partial charge on any atom is -0.383 e. The number of hydrogen-bond donors (Lipinski definition) is 2. The van der Waals surface area contributed by atoms with E-state index in [1.807, 2.05) is 12.3 Å². The molecule has 1 aromatic heterocycles. The minimum absolute atomic E-state index is 0.0395. The van der Waals surface area contributed by atoms with Crippen LogP contribution in [-0.4, -0.2) is 30.9 Å². The molecule has 0 aliphatic heterocycles. The molecule has 0 aromatic carbocycles. The Hall–Kier alpha value is -1.33. The van der Waals surface area contributed by atoms with E-state index in [1.54, 1.807) is 17.7 Å². The largest absolute Gasteiger partial charge is 0.383 e. The van der Waals surface area contributed by atoms with E-state index in [0.29, 0.717) is 13.2 Å². The first kappa shape index (κ1) is 15.7. The monoisotopic (exact) mass is 267 g/mol. The van der Waals surface area contributed by atoms with Crippen LogP contribution in [0.5, 0.6) is 0 Å². The lowest BCUT2D eigenvalue weighted by Gasteiger charge is -2.19. The number of rotatable bonds is 9. The summed E-state index contributed by atoms with van der Waals surface area (Å²) in [5.74, 6) is 0. The molecule has 0 amide bonds. The van der Waals surface area contributed by atoms with E-state index < -0.39 is 0 Å². The van der Waals surface area contributed by atoms with Crippen molar-refractivity contribution in [2.45, 2.75) is 38.8 Å². The van der Waals surface area contributed by atoms with Gasteiger partial charge in [-0.25, -0.2) is 0 Å². The summed E-state index contributed by atoms with van der Waals surface area (Å²) in [7, 11) is 1.69. The first-order valence-electron chi connectivity index (χ1n) is 6.87. The molecular weight excluding hydrogens is 242 g/mol. The van der Waals surface area contributed by atoms with Gasteiger partial charge in [-0.15, -0.1) is 0 Å². The van der Waals surface area contributed by atoms with Crippen molar-refractivity contribution in [1.82, 2.24) is 4.57 Å². The molecule has 5 nitrogen and oxygen atoms in total. The van der Waals surface area contributed by atoms with Gasteiger partial charge in [-0.05, 0) is 31.9 Å². The number of aromatic nitrogens is 1. The Labute approximate surface area is 114 Å². The number of nitrogens with one attached hydrogen (secondary N) is 1. The van der Waals surface area contributed by atoms with Crippen molar-refractivity contribution in [3.63, 3.8) is 0 Å². The number of pyridine rings is 1. The van der Waals surface area contributed by atoms with Crippen LogP contribution in [0, 0.1) is 0 Å². The van der Waals surface area contributed by atoms with Gasteiger partial charge < -0.3 is 20.4 Å². The Kier molecular flexibility index (Phi) is 7.22. The van der Waals surface area contributed by atoms with Crippen molar-refractivity contribution in [3.05, 3.63) is 28.7 Å². The first-order chi connectivity index (χ1) is 9.21. The van der Waals surface area contributed by atoms with Gasteiger partial charge in [-0.2, -0.15) is 0 Å². The lowest BCUT2D eigenvalue weighted by molar-refractivity contribution is 0.182. The summed E-state index contributed by atoms with van der Waals surface area (Å²) in [6, 6.07) is 3.64. The maximum absolute atomic E-state index is 11.6. The summed E-state index contributed by atoms with van der Waals surface area (Å²) in [5, 5.41) is 3.40. The quantitative estimate of drug-likeness (QED) is 0.710. The fraction of sp³-hybridized carbons (Fsp3) is 0.643. The highest BCUT2D eigenvalue weighted by Gasteiger charge is 2.08. The molecular formula is C14H25N3O2. The van der Waals surface area contributed by atoms with E-state index in [9.17, 15) is 4.79 Å². The van der Waals surface area contributed by atoms with Gasteiger partial charge in [0.25, 0.3) is 5.56 Å². The van der Waals surface area contributed by atoms with Crippen molar-refractivity contribution >= 4 is 5.69 Å². The molecule has 0 saturated heterocycles. The predicted molar refractivity (Wildman–Crippen MR) is 78.6 cm³/mol. The van der Waals surface area contributed by atoms with Gasteiger partial charge in [-0.1, -0.05) is 6.92 Å². The van der Waals surface area contributed by atoms with Crippen LogP contribution in [-0.2, 0) is 11.3 Å². The van der Waals surface area contributed by atoms with Crippen molar-refractivity contribution in [1.29, 1.82) is 0 Å². The number of methoxy groups -OCH3 is 1. The third-order valence-electron chi connectivity index (χ3n) is 2.94. The van der Waals surface area contributed by atoms with E-state index in [1.165, 1.54) is 0 Å². The lowest BCUT2D eigenvalue weighted by atomic mass is 10.1. The van der Waals surface area contributed by atoms with E-state index in [4.69, 9.17) is 10.5 Å². The van der Waals surface area contributed by atoms with Crippen LogP contribution in [0.15, 0.2) is 23.1 Å². The second-order valence-electron chi connectivity index (χ2n) is 4.68. The summed E-state index contributed by atoms with van der Waals surface area (Å²) in [5.41, 5.74) is 6.53. The van der Waals surface area contributed by atoms with Crippen LogP contribution in [0.1, 0.15) is 26.2 Å². The zero-order valence-electron chi connectivity index (χ0n) is 11.9. The zero-order chi connectivity index (χ0) is 14.1. The summed E-state index contributed by atoms with van der Waals surface area (Å²) < 4.78 is 6.93. The molecule has 1 aromatic rings. The van der Waals surface area contributed by atoms with E-state index in [-0.39, 0.29) is 11.6 Å². The molecule has 19 heavy (non-hydrogen) atoms. The van der Waals surface area contributed by atoms with E-state index in [0.717, 1.165) is 31.5 Å². The number of anilines is 1. The molecule has 1 rings (SSSR count). The number of nitrogens with zero attached hydrogens (tertiary/aromatic N) is 1. The summed E-state index contributed by atoms with van der Waals surface area (Å²) in [6.45, 7) is 4.11. The highest BCUT2D eigenvalue weighted by atomic mass is 16.5. The van der Waals surface area contributed by atoms with Gasteiger partial charge in [0.1, 0.15) is 0 Å². The van der Waals surface area contributed by atoms with Crippen molar-refractivity contribution < 1.29 is 4.74 Å². The Morgan fingerprint density at radius 2 is 2.26 bits per heavy atom. The Balaban J connectivity index is 2.72. The third kappa shape index (κ3) is 5.44. The topological polar surface area (TPSA) is 69.3 Å². The number of hydrogen-bond acceptors (Lipinski definition) is 4. The summed E-state index contributed by atoms with van der Waals surface area (Å²) >= 11 is 0. The fourth-order valence-electron chi connectivity index (χ4n) is 2.03. The third-order valence-corrected chi connectivity index (χ3v) is 2.94.